The van der Waals surface area contributed by atoms with Crippen LogP contribution >= 0.6 is 0 Å². The van der Waals surface area contributed by atoms with Crippen LogP contribution in [0.25, 0.3) is 0 Å². The minimum absolute atomic E-state index is 0.531. The summed E-state index contributed by atoms with van der Waals surface area (Å²) >= 11 is 0. The number of phenols is 1. The summed E-state index contributed by atoms with van der Waals surface area (Å²) in [5, 5.41) is 10.2. The Hall–Kier alpha value is -1.02. The summed E-state index contributed by atoms with van der Waals surface area (Å²) in [5.41, 5.74) is 3.55. The first-order chi connectivity index (χ1) is 8.67. The molecule has 2 heteroatoms. The third-order valence-corrected chi connectivity index (χ3v) is 4.01. The molecule has 0 amide bonds. The van der Waals surface area contributed by atoms with Gasteiger partial charge in [-0.25, -0.2) is 0 Å². The lowest BCUT2D eigenvalue weighted by Gasteiger charge is -2.27. The van der Waals surface area contributed by atoms with Gasteiger partial charge in [-0.15, -0.1) is 0 Å². The van der Waals surface area contributed by atoms with E-state index in [1.54, 1.807) is 0 Å². The van der Waals surface area contributed by atoms with Crippen LogP contribution in [-0.4, -0.2) is 29.1 Å². The van der Waals surface area contributed by atoms with Gasteiger partial charge in [0.1, 0.15) is 5.75 Å². The second kappa shape index (κ2) is 5.75. The van der Waals surface area contributed by atoms with Gasteiger partial charge in [-0.3, -0.25) is 4.90 Å². The van der Waals surface area contributed by atoms with Gasteiger partial charge in [0, 0.05) is 6.04 Å². The monoisotopic (exact) mass is 247 g/mol. The van der Waals surface area contributed by atoms with Crippen LogP contribution in [0.4, 0.5) is 0 Å². The summed E-state index contributed by atoms with van der Waals surface area (Å²) < 4.78 is 0. The van der Waals surface area contributed by atoms with E-state index in [9.17, 15) is 5.11 Å². The van der Waals surface area contributed by atoms with Crippen LogP contribution in [0.5, 0.6) is 5.75 Å². The maximum atomic E-state index is 10.2. The van der Waals surface area contributed by atoms with E-state index in [-0.39, 0.29) is 0 Å². The van der Waals surface area contributed by atoms with Gasteiger partial charge in [-0.1, -0.05) is 26.0 Å². The van der Waals surface area contributed by atoms with Crippen LogP contribution in [0.1, 0.15) is 43.4 Å². The lowest BCUT2D eigenvalue weighted by molar-refractivity contribution is 0.201. The summed E-state index contributed by atoms with van der Waals surface area (Å²) in [6, 6.07) is 4.83. The summed E-state index contributed by atoms with van der Waals surface area (Å²) in [6.45, 7) is 8.82. The number of hydrogen-bond donors (Lipinski definition) is 1. The van der Waals surface area contributed by atoms with E-state index in [0.29, 0.717) is 11.8 Å². The maximum Gasteiger partial charge on any atom is 0.122 e. The Morgan fingerprint density at radius 1 is 1.17 bits per heavy atom. The zero-order valence-electron chi connectivity index (χ0n) is 11.9. The zero-order chi connectivity index (χ0) is 13.1. The minimum atomic E-state index is 0.531. The molecular formula is C16H25NO. The van der Waals surface area contributed by atoms with Crippen LogP contribution in [-0.2, 0) is 12.8 Å². The Kier molecular flexibility index (Phi) is 4.28. The van der Waals surface area contributed by atoms with Crippen molar-refractivity contribution in [2.24, 2.45) is 0 Å². The number of nitrogens with zero attached hydrogens (tertiary/aromatic N) is 1. The van der Waals surface area contributed by atoms with E-state index in [4.69, 9.17) is 0 Å². The lowest BCUT2D eigenvalue weighted by atomic mass is 10.1. The average molecular weight is 247 g/mol. The first kappa shape index (κ1) is 13.4. The molecule has 2 nitrogen and oxygen atoms in total. The Morgan fingerprint density at radius 3 is 2.44 bits per heavy atom. The zero-order valence-corrected chi connectivity index (χ0v) is 11.9. The lowest BCUT2D eigenvalue weighted by Crippen LogP contribution is -2.37. The van der Waals surface area contributed by atoms with E-state index < -0.39 is 0 Å². The number of fused-ring (bicyclic) bond motifs is 1. The molecule has 0 radical (unpaired) electrons. The molecule has 0 heterocycles. The molecule has 1 atom stereocenters. The number of aromatic hydroxyl groups is 1. The SMILES string of the molecule is CCCN(CCC)[C@@H]1Cc2ccc(C)c(O)c2C1. The third kappa shape index (κ3) is 2.54. The van der Waals surface area contributed by atoms with Crippen LogP contribution < -0.4 is 0 Å². The van der Waals surface area contributed by atoms with Crippen LogP contribution in [0.3, 0.4) is 0 Å². The highest BCUT2D eigenvalue weighted by Crippen LogP contribution is 2.34. The smallest absolute Gasteiger partial charge is 0.122 e. The topological polar surface area (TPSA) is 23.5 Å². The first-order valence-electron chi connectivity index (χ1n) is 7.21. The Bertz CT molecular complexity index is 408. The fourth-order valence-electron chi connectivity index (χ4n) is 3.09. The first-order valence-corrected chi connectivity index (χ1v) is 7.21. The molecule has 1 aliphatic carbocycles. The van der Waals surface area contributed by atoms with Crippen molar-refractivity contribution < 1.29 is 5.11 Å². The van der Waals surface area contributed by atoms with E-state index in [2.05, 4.69) is 24.8 Å². The molecule has 18 heavy (non-hydrogen) atoms. The van der Waals surface area contributed by atoms with Crippen molar-refractivity contribution in [2.45, 2.75) is 52.5 Å². The van der Waals surface area contributed by atoms with Crippen molar-refractivity contribution in [1.82, 2.24) is 4.90 Å². The van der Waals surface area contributed by atoms with Gasteiger partial charge in [0.25, 0.3) is 0 Å². The summed E-state index contributed by atoms with van der Waals surface area (Å²) in [5.74, 6) is 0.531. The average Bonchev–Trinajstić information content (AvgIpc) is 2.78. The molecule has 0 fully saturated rings. The quantitative estimate of drug-likeness (QED) is 0.863. The molecule has 0 unspecified atom stereocenters. The summed E-state index contributed by atoms with van der Waals surface area (Å²) in [7, 11) is 0. The van der Waals surface area contributed by atoms with Gasteiger partial charge in [-0.05, 0) is 62.4 Å². The Balaban J connectivity index is 2.15. The third-order valence-electron chi connectivity index (χ3n) is 4.01. The molecule has 1 N–H and O–H groups in total. The molecule has 1 aromatic rings. The Morgan fingerprint density at radius 2 is 1.83 bits per heavy atom. The highest BCUT2D eigenvalue weighted by molar-refractivity contribution is 5.48. The molecule has 0 bridgehead atoms. The normalized spacial score (nSPS) is 18.3. The fourth-order valence-corrected chi connectivity index (χ4v) is 3.09. The second-order valence-corrected chi connectivity index (χ2v) is 5.47. The number of hydrogen-bond acceptors (Lipinski definition) is 2. The van der Waals surface area contributed by atoms with Gasteiger partial charge in [0.15, 0.2) is 0 Å². The van der Waals surface area contributed by atoms with Crippen molar-refractivity contribution in [1.29, 1.82) is 0 Å². The predicted molar refractivity (Wildman–Crippen MR) is 76.2 cm³/mol. The van der Waals surface area contributed by atoms with Gasteiger partial charge in [0.2, 0.25) is 0 Å². The molecule has 2 rings (SSSR count). The number of aryl methyl sites for hydroxylation is 1. The van der Waals surface area contributed by atoms with Crippen molar-refractivity contribution in [3.05, 3.63) is 28.8 Å². The molecule has 100 valence electrons. The predicted octanol–water partition coefficient (Wildman–Crippen LogP) is 3.29. The fraction of sp³-hybridized carbons (Fsp3) is 0.625. The van der Waals surface area contributed by atoms with Gasteiger partial charge >= 0.3 is 0 Å². The molecule has 1 aliphatic rings. The molecule has 0 aliphatic heterocycles. The highest BCUT2D eigenvalue weighted by atomic mass is 16.3. The van der Waals surface area contributed by atoms with E-state index in [1.807, 2.05) is 13.0 Å². The minimum Gasteiger partial charge on any atom is -0.507 e. The standard InChI is InChI=1S/C16H25NO/c1-4-8-17(9-5-2)14-10-13-7-6-12(3)16(18)15(13)11-14/h6-7,14,18H,4-5,8-11H2,1-3H3/t14-/m1/s1. The largest absolute Gasteiger partial charge is 0.507 e. The number of benzene rings is 1. The molecule has 0 aromatic heterocycles. The van der Waals surface area contributed by atoms with Crippen molar-refractivity contribution >= 4 is 0 Å². The van der Waals surface area contributed by atoms with E-state index in [1.165, 1.54) is 37.1 Å². The number of rotatable bonds is 5. The maximum absolute atomic E-state index is 10.2. The summed E-state index contributed by atoms with van der Waals surface area (Å²) in [6.07, 6.45) is 4.53. The van der Waals surface area contributed by atoms with Crippen molar-refractivity contribution in [3.8, 4) is 5.75 Å². The molecule has 0 saturated carbocycles. The highest BCUT2D eigenvalue weighted by Gasteiger charge is 2.28. The Labute approximate surface area is 111 Å². The molecule has 1 aromatic carbocycles. The van der Waals surface area contributed by atoms with Gasteiger partial charge in [0.05, 0.1) is 0 Å². The second-order valence-electron chi connectivity index (χ2n) is 5.47. The van der Waals surface area contributed by atoms with Gasteiger partial charge < -0.3 is 5.11 Å². The molecule has 0 spiro atoms. The van der Waals surface area contributed by atoms with Crippen LogP contribution in [0.15, 0.2) is 12.1 Å². The van der Waals surface area contributed by atoms with Crippen molar-refractivity contribution in [3.63, 3.8) is 0 Å². The van der Waals surface area contributed by atoms with Crippen LogP contribution in [0.2, 0.25) is 0 Å². The molecule has 0 saturated heterocycles. The molecular weight excluding hydrogens is 222 g/mol. The van der Waals surface area contributed by atoms with Gasteiger partial charge in [-0.2, -0.15) is 0 Å². The van der Waals surface area contributed by atoms with E-state index in [0.717, 1.165) is 18.4 Å². The van der Waals surface area contributed by atoms with Crippen LogP contribution in [0, 0.1) is 6.92 Å². The number of phenolic OH excluding ortho intramolecular Hbond substituents is 1. The van der Waals surface area contributed by atoms with E-state index >= 15 is 0 Å². The summed E-state index contributed by atoms with van der Waals surface area (Å²) in [4.78, 5) is 2.59. The van der Waals surface area contributed by atoms with Crippen molar-refractivity contribution in [2.75, 3.05) is 13.1 Å².